The van der Waals surface area contributed by atoms with Crippen LogP contribution in [0.2, 0.25) is 5.02 Å². The Hall–Kier alpha value is -1.35. The predicted octanol–water partition coefficient (Wildman–Crippen LogP) is 5.02. The second-order valence-corrected chi connectivity index (χ2v) is 6.37. The molecule has 0 spiro atoms. The number of anilines is 1. The lowest BCUT2D eigenvalue weighted by Gasteiger charge is -2.08. The van der Waals surface area contributed by atoms with Gasteiger partial charge in [-0.15, -0.1) is 0 Å². The van der Waals surface area contributed by atoms with E-state index in [-0.39, 0.29) is 11.8 Å². The van der Waals surface area contributed by atoms with Gasteiger partial charge in [0.1, 0.15) is 5.78 Å². The standard InChI is InChI=1S/C18H26ClNO2/c1-4-18(22)20-16-11-14(10-15(19)12-16)8-6-5-7-9-17(21)13(2)3/h10-13H,4-9H2,1-3H3,(H,20,22). The molecule has 0 radical (unpaired) electrons. The van der Waals surface area contributed by atoms with Gasteiger partial charge in [0.05, 0.1) is 0 Å². The van der Waals surface area contributed by atoms with Gasteiger partial charge >= 0.3 is 0 Å². The molecule has 1 aromatic rings. The molecule has 0 atom stereocenters. The lowest BCUT2D eigenvalue weighted by atomic mass is 10.0. The lowest BCUT2D eigenvalue weighted by Crippen LogP contribution is -2.09. The van der Waals surface area contributed by atoms with Gasteiger partial charge in [-0.2, -0.15) is 0 Å². The summed E-state index contributed by atoms with van der Waals surface area (Å²) in [6.07, 6.45) is 5.02. The monoisotopic (exact) mass is 323 g/mol. The molecule has 3 nitrogen and oxygen atoms in total. The number of ketones is 1. The van der Waals surface area contributed by atoms with Crippen LogP contribution < -0.4 is 5.32 Å². The second-order valence-electron chi connectivity index (χ2n) is 5.93. The third kappa shape index (κ3) is 7.08. The number of benzene rings is 1. The first kappa shape index (κ1) is 18.7. The highest BCUT2D eigenvalue weighted by atomic mass is 35.5. The van der Waals surface area contributed by atoms with Gasteiger partial charge in [-0.3, -0.25) is 9.59 Å². The summed E-state index contributed by atoms with van der Waals surface area (Å²) in [5, 5.41) is 3.47. The van der Waals surface area contributed by atoms with E-state index in [0.717, 1.165) is 36.9 Å². The average molecular weight is 324 g/mol. The predicted molar refractivity (Wildman–Crippen MR) is 92.4 cm³/mol. The van der Waals surface area contributed by atoms with Crippen molar-refractivity contribution in [1.82, 2.24) is 0 Å². The van der Waals surface area contributed by atoms with Crippen LogP contribution in [0, 0.1) is 5.92 Å². The van der Waals surface area contributed by atoms with Gasteiger partial charge in [-0.25, -0.2) is 0 Å². The molecule has 0 bridgehead atoms. The number of rotatable bonds is 9. The highest BCUT2D eigenvalue weighted by Gasteiger charge is 2.07. The molecule has 1 N–H and O–H groups in total. The van der Waals surface area contributed by atoms with Crippen LogP contribution in [0.25, 0.3) is 0 Å². The zero-order valence-electron chi connectivity index (χ0n) is 13.7. The smallest absolute Gasteiger partial charge is 0.224 e. The molecule has 0 unspecified atom stereocenters. The highest BCUT2D eigenvalue weighted by molar-refractivity contribution is 6.31. The Morgan fingerprint density at radius 3 is 2.50 bits per heavy atom. The maximum Gasteiger partial charge on any atom is 0.224 e. The topological polar surface area (TPSA) is 46.2 Å². The average Bonchev–Trinajstić information content (AvgIpc) is 2.45. The van der Waals surface area contributed by atoms with Gasteiger partial charge in [0.25, 0.3) is 0 Å². The zero-order valence-corrected chi connectivity index (χ0v) is 14.5. The molecule has 0 heterocycles. The molecule has 4 heteroatoms. The fraction of sp³-hybridized carbons (Fsp3) is 0.556. The van der Waals surface area contributed by atoms with Crippen LogP contribution >= 0.6 is 11.6 Å². The van der Waals surface area contributed by atoms with E-state index in [9.17, 15) is 9.59 Å². The van der Waals surface area contributed by atoms with Crippen molar-refractivity contribution in [1.29, 1.82) is 0 Å². The Labute approximate surface area is 138 Å². The molecule has 1 aromatic carbocycles. The first-order valence-electron chi connectivity index (χ1n) is 8.04. The number of nitrogens with one attached hydrogen (secondary N) is 1. The second kappa shape index (κ2) is 9.62. The summed E-state index contributed by atoms with van der Waals surface area (Å²) in [5.74, 6) is 0.463. The molecule has 22 heavy (non-hydrogen) atoms. The molecule has 0 saturated carbocycles. The van der Waals surface area contributed by atoms with Crippen molar-refractivity contribution in [3.8, 4) is 0 Å². The third-order valence-corrected chi connectivity index (χ3v) is 3.81. The Bertz CT molecular complexity index is 512. The third-order valence-electron chi connectivity index (χ3n) is 3.60. The normalized spacial score (nSPS) is 10.8. The summed E-state index contributed by atoms with van der Waals surface area (Å²) in [6, 6.07) is 5.67. The van der Waals surface area contributed by atoms with E-state index in [0.29, 0.717) is 23.6 Å². The van der Waals surface area contributed by atoms with E-state index >= 15 is 0 Å². The van der Waals surface area contributed by atoms with Crippen LogP contribution in [0.15, 0.2) is 18.2 Å². The van der Waals surface area contributed by atoms with Crippen molar-refractivity contribution in [2.24, 2.45) is 5.92 Å². The highest BCUT2D eigenvalue weighted by Crippen LogP contribution is 2.21. The van der Waals surface area contributed by atoms with Crippen molar-refractivity contribution in [3.63, 3.8) is 0 Å². The van der Waals surface area contributed by atoms with Crippen LogP contribution in [0.4, 0.5) is 5.69 Å². The number of carbonyl (C=O) groups excluding carboxylic acids is 2. The Morgan fingerprint density at radius 1 is 1.14 bits per heavy atom. The number of hydrogen-bond acceptors (Lipinski definition) is 2. The van der Waals surface area contributed by atoms with Crippen molar-refractivity contribution in [2.45, 2.75) is 59.3 Å². The first-order valence-corrected chi connectivity index (χ1v) is 8.42. The summed E-state index contributed by atoms with van der Waals surface area (Å²) < 4.78 is 0. The number of unbranched alkanes of at least 4 members (excludes halogenated alkanes) is 2. The van der Waals surface area contributed by atoms with Gasteiger partial charge < -0.3 is 5.32 Å². The van der Waals surface area contributed by atoms with E-state index in [2.05, 4.69) is 5.32 Å². The van der Waals surface area contributed by atoms with Crippen LogP contribution in [-0.2, 0) is 16.0 Å². The van der Waals surface area contributed by atoms with Crippen molar-refractivity contribution in [3.05, 3.63) is 28.8 Å². The number of carbonyl (C=O) groups is 2. The Balaban J connectivity index is 2.42. The minimum absolute atomic E-state index is 0.0135. The summed E-state index contributed by atoms with van der Waals surface area (Å²) in [6.45, 7) is 5.71. The Morgan fingerprint density at radius 2 is 1.86 bits per heavy atom. The molecule has 1 rings (SSSR count). The number of hydrogen-bond donors (Lipinski definition) is 1. The van der Waals surface area contributed by atoms with Gasteiger partial charge in [-0.1, -0.05) is 38.8 Å². The van der Waals surface area contributed by atoms with Gasteiger partial charge in [0.2, 0.25) is 5.91 Å². The van der Waals surface area contributed by atoms with Crippen LogP contribution in [0.5, 0.6) is 0 Å². The summed E-state index contributed by atoms with van der Waals surface area (Å²) in [4.78, 5) is 23.0. The maximum atomic E-state index is 11.5. The van der Waals surface area contributed by atoms with Crippen molar-refractivity contribution >= 4 is 29.0 Å². The maximum absolute atomic E-state index is 11.5. The molecular weight excluding hydrogens is 298 g/mol. The SMILES string of the molecule is CCC(=O)Nc1cc(Cl)cc(CCCCCC(=O)C(C)C)c1. The van der Waals surface area contributed by atoms with E-state index in [1.165, 1.54) is 0 Å². The van der Waals surface area contributed by atoms with Crippen LogP contribution in [-0.4, -0.2) is 11.7 Å². The van der Waals surface area contributed by atoms with Crippen molar-refractivity contribution in [2.75, 3.05) is 5.32 Å². The zero-order chi connectivity index (χ0) is 16.5. The summed E-state index contributed by atoms with van der Waals surface area (Å²) in [5.41, 5.74) is 1.87. The van der Waals surface area contributed by atoms with Crippen LogP contribution in [0.3, 0.4) is 0 Å². The molecule has 0 aliphatic rings. The fourth-order valence-corrected chi connectivity index (χ4v) is 2.47. The van der Waals surface area contributed by atoms with E-state index in [1.807, 2.05) is 32.9 Å². The van der Waals surface area contributed by atoms with E-state index in [4.69, 9.17) is 11.6 Å². The first-order chi connectivity index (χ1) is 10.4. The molecule has 0 aromatic heterocycles. The Kier molecular flexibility index (Phi) is 8.18. The summed E-state index contributed by atoms with van der Waals surface area (Å²) >= 11 is 6.10. The van der Waals surface area contributed by atoms with Crippen LogP contribution in [0.1, 0.15) is 58.4 Å². The minimum atomic E-state index is -0.0135. The molecule has 0 saturated heterocycles. The quantitative estimate of drug-likeness (QED) is 0.649. The molecule has 122 valence electrons. The fourth-order valence-electron chi connectivity index (χ4n) is 2.21. The number of amides is 1. The minimum Gasteiger partial charge on any atom is -0.326 e. The molecule has 0 aliphatic carbocycles. The van der Waals surface area contributed by atoms with E-state index < -0.39 is 0 Å². The van der Waals surface area contributed by atoms with E-state index in [1.54, 1.807) is 6.07 Å². The number of aryl methyl sites for hydroxylation is 1. The van der Waals surface area contributed by atoms with Gasteiger partial charge in [0, 0.05) is 29.5 Å². The number of Topliss-reactive ketones (excluding diaryl/α,β-unsaturated/α-hetero) is 1. The molecule has 1 amide bonds. The largest absolute Gasteiger partial charge is 0.326 e. The van der Waals surface area contributed by atoms with Gasteiger partial charge in [-0.05, 0) is 43.0 Å². The summed E-state index contributed by atoms with van der Waals surface area (Å²) in [7, 11) is 0. The molecule has 0 fully saturated rings. The molecular formula is C18H26ClNO2. The number of halogens is 1. The molecule has 0 aliphatic heterocycles. The lowest BCUT2D eigenvalue weighted by molar-refractivity contribution is -0.122. The van der Waals surface area contributed by atoms with Crippen molar-refractivity contribution < 1.29 is 9.59 Å². The van der Waals surface area contributed by atoms with Gasteiger partial charge in [0.15, 0.2) is 0 Å².